The number of ether oxygens (including phenoxy) is 1. The molecule has 5 nitrogen and oxygen atoms in total. The van der Waals surface area contributed by atoms with Crippen molar-refractivity contribution < 1.29 is 14.6 Å². The summed E-state index contributed by atoms with van der Waals surface area (Å²) in [6, 6.07) is 9.66. The first-order chi connectivity index (χ1) is 8.70. The van der Waals surface area contributed by atoms with Crippen LogP contribution in [0, 0.1) is 0 Å². The molecular weight excluding hydrogens is 252 g/mol. The Morgan fingerprint density at radius 3 is 2.94 bits per heavy atom. The predicted octanol–water partition coefficient (Wildman–Crippen LogP) is 1.87. The van der Waals surface area contributed by atoms with Gasteiger partial charge in [0.25, 0.3) is 0 Å². The maximum absolute atomic E-state index is 11.7. The van der Waals surface area contributed by atoms with Gasteiger partial charge >= 0.3 is 6.09 Å². The van der Waals surface area contributed by atoms with E-state index in [4.69, 9.17) is 9.84 Å². The fourth-order valence-corrected chi connectivity index (χ4v) is 2.24. The lowest BCUT2D eigenvalue weighted by atomic mass is 10.2. The van der Waals surface area contributed by atoms with E-state index in [1.807, 2.05) is 30.3 Å². The van der Waals surface area contributed by atoms with Crippen LogP contribution in [0.1, 0.15) is 12.5 Å². The van der Waals surface area contributed by atoms with Crippen LogP contribution >= 0.6 is 11.8 Å². The van der Waals surface area contributed by atoms with Crippen molar-refractivity contribution in [1.29, 1.82) is 0 Å². The maximum Gasteiger partial charge on any atom is 0.431 e. The van der Waals surface area contributed by atoms with Crippen molar-refractivity contribution in [3.63, 3.8) is 0 Å². The lowest BCUT2D eigenvalue weighted by molar-refractivity contribution is 0.0467. The lowest BCUT2D eigenvalue weighted by Crippen LogP contribution is -2.28. The number of amides is 1. The minimum atomic E-state index is -0.532. The Labute approximate surface area is 109 Å². The summed E-state index contributed by atoms with van der Waals surface area (Å²) >= 11 is 1.48. The van der Waals surface area contributed by atoms with E-state index in [0.717, 1.165) is 10.6 Å². The van der Waals surface area contributed by atoms with E-state index < -0.39 is 12.2 Å². The summed E-state index contributed by atoms with van der Waals surface area (Å²) in [5.41, 5.74) is 0.980. The molecule has 1 aromatic carbocycles. The molecule has 0 saturated carbocycles. The van der Waals surface area contributed by atoms with Crippen molar-refractivity contribution >= 4 is 22.9 Å². The van der Waals surface area contributed by atoms with E-state index in [9.17, 15) is 4.79 Å². The van der Waals surface area contributed by atoms with Crippen LogP contribution < -0.4 is 0 Å². The number of aliphatic hydroxyl groups is 1. The Kier molecular flexibility index (Phi) is 4.22. The van der Waals surface area contributed by atoms with E-state index in [-0.39, 0.29) is 6.61 Å². The molecule has 1 unspecified atom stereocenters. The third-order valence-corrected chi connectivity index (χ3v) is 3.29. The number of hydrazone groups is 1. The van der Waals surface area contributed by atoms with Gasteiger partial charge in [0.15, 0.2) is 0 Å². The van der Waals surface area contributed by atoms with Crippen LogP contribution in [0.2, 0.25) is 0 Å². The van der Waals surface area contributed by atoms with Gasteiger partial charge in [-0.15, -0.1) is 0 Å². The second-order valence-corrected chi connectivity index (χ2v) is 4.75. The number of carbonyl (C=O) groups excluding carboxylic acids is 1. The Bertz CT molecular complexity index is 450. The molecule has 0 bridgehead atoms. The van der Waals surface area contributed by atoms with Gasteiger partial charge in [0.2, 0.25) is 0 Å². The number of rotatable bonds is 3. The SMILES string of the molecule is CC(CO)OC(=O)N1CSC(c2ccccc2)=N1. The minimum absolute atomic E-state index is 0.192. The van der Waals surface area contributed by atoms with Gasteiger partial charge in [-0.05, 0) is 6.92 Å². The zero-order valence-electron chi connectivity index (χ0n) is 9.94. The van der Waals surface area contributed by atoms with E-state index in [0.29, 0.717) is 5.88 Å². The molecule has 18 heavy (non-hydrogen) atoms. The molecule has 96 valence electrons. The van der Waals surface area contributed by atoms with Crippen LogP contribution in [0.5, 0.6) is 0 Å². The quantitative estimate of drug-likeness (QED) is 0.907. The highest BCUT2D eigenvalue weighted by Crippen LogP contribution is 2.23. The normalized spacial score (nSPS) is 16.3. The highest BCUT2D eigenvalue weighted by Gasteiger charge is 2.24. The molecule has 6 heteroatoms. The Balaban J connectivity index is 2.02. The van der Waals surface area contributed by atoms with Gasteiger partial charge in [0.05, 0.1) is 12.5 Å². The zero-order chi connectivity index (χ0) is 13.0. The van der Waals surface area contributed by atoms with E-state index >= 15 is 0 Å². The number of benzene rings is 1. The van der Waals surface area contributed by atoms with Gasteiger partial charge in [0.1, 0.15) is 11.1 Å². The van der Waals surface area contributed by atoms with Crippen molar-refractivity contribution in [3.05, 3.63) is 35.9 Å². The molecule has 0 aliphatic carbocycles. The van der Waals surface area contributed by atoms with E-state index in [1.54, 1.807) is 6.92 Å². The second-order valence-electron chi connectivity index (χ2n) is 3.82. The first-order valence-corrected chi connectivity index (χ1v) is 6.55. The smallest absolute Gasteiger partial charge is 0.431 e. The number of hydrogen-bond donors (Lipinski definition) is 1. The largest absolute Gasteiger partial charge is 0.443 e. The lowest BCUT2D eigenvalue weighted by Gasteiger charge is -2.14. The van der Waals surface area contributed by atoms with Crippen molar-refractivity contribution in [2.45, 2.75) is 13.0 Å². The molecular formula is C12H14N2O3S. The predicted molar refractivity (Wildman–Crippen MR) is 70.3 cm³/mol. The summed E-state index contributed by atoms with van der Waals surface area (Å²) in [4.78, 5) is 11.7. The molecule has 0 radical (unpaired) electrons. The van der Waals surface area contributed by atoms with E-state index in [2.05, 4.69) is 5.10 Å². The van der Waals surface area contributed by atoms with Gasteiger partial charge in [-0.3, -0.25) is 0 Å². The van der Waals surface area contributed by atoms with Crippen molar-refractivity contribution in [2.75, 3.05) is 12.5 Å². The Morgan fingerprint density at radius 2 is 2.28 bits per heavy atom. The molecule has 0 saturated heterocycles. The van der Waals surface area contributed by atoms with Crippen LogP contribution in [0.25, 0.3) is 0 Å². The van der Waals surface area contributed by atoms with Crippen LogP contribution in [-0.2, 0) is 4.74 Å². The second kappa shape index (κ2) is 5.88. The number of carbonyl (C=O) groups is 1. The molecule has 1 aromatic rings. The first-order valence-electron chi connectivity index (χ1n) is 5.56. The van der Waals surface area contributed by atoms with Crippen LogP contribution in [-0.4, -0.2) is 39.8 Å². The van der Waals surface area contributed by atoms with Gasteiger partial charge in [-0.1, -0.05) is 42.1 Å². The summed E-state index contributed by atoms with van der Waals surface area (Å²) in [6.07, 6.45) is -1.05. The summed E-state index contributed by atoms with van der Waals surface area (Å²) < 4.78 is 4.98. The molecule has 1 atom stereocenters. The highest BCUT2D eigenvalue weighted by atomic mass is 32.2. The van der Waals surface area contributed by atoms with E-state index in [1.165, 1.54) is 16.8 Å². The molecule has 1 heterocycles. The maximum atomic E-state index is 11.7. The number of hydrogen-bond acceptors (Lipinski definition) is 5. The van der Waals surface area contributed by atoms with Crippen LogP contribution in [0.4, 0.5) is 4.79 Å². The van der Waals surface area contributed by atoms with Gasteiger partial charge in [0, 0.05) is 5.56 Å². The summed E-state index contributed by atoms with van der Waals surface area (Å²) in [7, 11) is 0. The third-order valence-electron chi connectivity index (χ3n) is 2.33. The number of aliphatic hydroxyl groups excluding tert-OH is 1. The van der Waals surface area contributed by atoms with Crippen molar-refractivity contribution in [2.24, 2.45) is 5.10 Å². The van der Waals surface area contributed by atoms with Gasteiger partial charge < -0.3 is 9.84 Å². The molecule has 0 fully saturated rings. The van der Waals surface area contributed by atoms with Crippen LogP contribution in [0.3, 0.4) is 0 Å². The number of nitrogens with zero attached hydrogens (tertiary/aromatic N) is 2. The monoisotopic (exact) mass is 266 g/mol. The molecule has 1 aliphatic heterocycles. The molecule has 1 N–H and O–H groups in total. The summed E-state index contributed by atoms with van der Waals surface area (Å²) in [5.74, 6) is 0.432. The zero-order valence-corrected chi connectivity index (χ0v) is 10.8. The molecule has 1 aliphatic rings. The standard InChI is InChI=1S/C12H14N2O3S/c1-9(7-15)17-12(16)14-8-18-11(13-14)10-5-3-2-4-6-10/h2-6,9,15H,7-8H2,1H3. The average molecular weight is 266 g/mol. The molecule has 0 aromatic heterocycles. The average Bonchev–Trinajstić information content (AvgIpc) is 2.89. The van der Waals surface area contributed by atoms with Crippen molar-refractivity contribution in [1.82, 2.24) is 5.01 Å². The van der Waals surface area contributed by atoms with Gasteiger partial charge in [-0.2, -0.15) is 10.1 Å². The fraction of sp³-hybridized carbons (Fsp3) is 0.333. The van der Waals surface area contributed by atoms with Gasteiger partial charge in [-0.25, -0.2) is 4.79 Å². The topological polar surface area (TPSA) is 62.1 Å². The highest BCUT2D eigenvalue weighted by molar-refractivity contribution is 8.14. The Morgan fingerprint density at radius 1 is 1.56 bits per heavy atom. The minimum Gasteiger partial charge on any atom is -0.443 e. The summed E-state index contributed by atoms with van der Waals surface area (Å²) in [5, 5.41) is 15.1. The van der Waals surface area contributed by atoms with Crippen molar-refractivity contribution in [3.8, 4) is 0 Å². The fourth-order valence-electron chi connectivity index (χ4n) is 1.38. The third kappa shape index (κ3) is 3.02. The molecule has 2 rings (SSSR count). The van der Waals surface area contributed by atoms with Crippen LogP contribution in [0.15, 0.2) is 35.4 Å². The molecule has 1 amide bonds. The molecule has 0 spiro atoms. The first kappa shape index (κ1) is 12.9. The summed E-state index contributed by atoms with van der Waals surface area (Å²) in [6.45, 7) is 1.44. The number of thioether (sulfide) groups is 1. The Hall–Kier alpha value is -1.53.